The lowest BCUT2D eigenvalue weighted by atomic mass is 10.2. The number of para-hydroxylation sites is 1. The number of fused-ring (bicyclic) bond motifs is 1. The van der Waals surface area contributed by atoms with Crippen LogP contribution in [-0.2, 0) is 10.0 Å². The maximum Gasteiger partial charge on any atom is 0.260 e. The average Bonchev–Trinajstić information content (AvgIpc) is 3.27. The molecule has 8 heteroatoms. The Balaban J connectivity index is 1.60. The van der Waals surface area contributed by atoms with Gasteiger partial charge in [0.05, 0.1) is 16.2 Å². The normalized spacial score (nSPS) is 22.5. The molecular weight excluding hydrogens is 328 g/mol. The molecule has 3 heterocycles. The molecule has 0 radical (unpaired) electrons. The summed E-state index contributed by atoms with van der Waals surface area (Å²) in [6.45, 7) is 2.22. The van der Waals surface area contributed by atoms with Crippen molar-refractivity contribution in [3.8, 4) is 0 Å². The van der Waals surface area contributed by atoms with E-state index in [0.29, 0.717) is 49.5 Å². The van der Waals surface area contributed by atoms with Crippen LogP contribution in [0.4, 0.5) is 5.95 Å². The minimum atomic E-state index is -3.26. The van der Waals surface area contributed by atoms with Gasteiger partial charge in [-0.05, 0) is 31.4 Å². The monoisotopic (exact) mass is 348 g/mol. The Hall–Kier alpha value is -1.93. The first-order valence-electron chi connectivity index (χ1n) is 8.29. The summed E-state index contributed by atoms with van der Waals surface area (Å²) >= 11 is 0. The van der Waals surface area contributed by atoms with E-state index in [2.05, 4.69) is 9.97 Å². The van der Waals surface area contributed by atoms with Crippen LogP contribution >= 0.6 is 0 Å². The average molecular weight is 348 g/mol. The van der Waals surface area contributed by atoms with Crippen LogP contribution in [0.1, 0.15) is 19.3 Å². The topological polar surface area (TPSA) is 86.4 Å². The molecule has 1 N–H and O–H groups in total. The number of sulfonamides is 1. The molecule has 7 nitrogen and oxygen atoms in total. The van der Waals surface area contributed by atoms with Gasteiger partial charge < -0.3 is 4.90 Å². The van der Waals surface area contributed by atoms with Gasteiger partial charge >= 0.3 is 0 Å². The van der Waals surface area contributed by atoms with E-state index in [-0.39, 0.29) is 5.56 Å². The van der Waals surface area contributed by atoms with Gasteiger partial charge in [-0.1, -0.05) is 12.1 Å². The lowest BCUT2D eigenvalue weighted by Crippen LogP contribution is -2.38. The molecule has 2 aliphatic heterocycles. The number of hydrogen-bond acceptors (Lipinski definition) is 5. The smallest absolute Gasteiger partial charge is 0.260 e. The summed E-state index contributed by atoms with van der Waals surface area (Å²) in [5, 5.41) is 0.119. The summed E-state index contributed by atoms with van der Waals surface area (Å²) < 4.78 is 27.0. The highest BCUT2D eigenvalue weighted by molar-refractivity contribution is 7.89. The predicted molar refractivity (Wildman–Crippen MR) is 92.7 cm³/mol. The highest BCUT2D eigenvalue weighted by Crippen LogP contribution is 2.25. The van der Waals surface area contributed by atoms with Crippen LogP contribution in [0.3, 0.4) is 0 Å². The van der Waals surface area contributed by atoms with E-state index in [9.17, 15) is 13.2 Å². The van der Waals surface area contributed by atoms with Gasteiger partial charge in [0.2, 0.25) is 16.0 Å². The number of aromatic nitrogens is 2. The number of H-pyrrole nitrogens is 1. The second-order valence-corrected chi connectivity index (χ2v) is 8.63. The molecule has 2 aliphatic rings. The van der Waals surface area contributed by atoms with Crippen molar-refractivity contribution in [1.82, 2.24) is 14.3 Å². The largest absolute Gasteiger partial charge is 0.341 e. The third-order valence-corrected chi connectivity index (χ3v) is 7.20. The van der Waals surface area contributed by atoms with E-state index in [4.69, 9.17) is 0 Å². The Morgan fingerprint density at radius 3 is 2.67 bits per heavy atom. The maximum absolute atomic E-state index is 12.7. The SMILES string of the molecule is O=c1[nH]c(N2CCC(S(=O)(=O)N3CCCC3)C2)nc2ccccc12. The van der Waals surface area contributed by atoms with Crippen molar-refractivity contribution in [2.24, 2.45) is 0 Å². The number of rotatable bonds is 3. The molecule has 0 spiro atoms. The van der Waals surface area contributed by atoms with Gasteiger partial charge in [0.1, 0.15) is 0 Å². The van der Waals surface area contributed by atoms with Crippen LogP contribution in [0.5, 0.6) is 0 Å². The third kappa shape index (κ3) is 2.59. The van der Waals surface area contributed by atoms with Gasteiger partial charge in [-0.3, -0.25) is 9.78 Å². The third-order valence-electron chi connectivity index (χ3n) is 4.89. The van der Waals surface area contributed by atoms with Crippen LogP contribution in [-0.4, -0.2) is 54.1 Å². The number of nitrogens with one attached hydrogen (secondary N) is 1. The minimum Gasteiger partial charge on any atom is -0.341 e. The molecule has 128 valence electrons. The van der Waals surface area contributed by atoms with Crippen molar-refractivity contribution < 1.29 is 8.42 Å². The first kappa shape index (κ1) is 15.6. The Bertz CT molecular complexity index is 918. The zero-order valence-corrected chi connectivity index (χ0v) is 14.1. The van der Waals surface area contributed by atoms with Crippen LogP contribution in [0.2, 0.25) is 0 Å². The number of nitrogens with zero attached hydrogens (tertiary/aromatic N) is 3. The van der Waals surface area contributed by atoms with Gasteiger partial charge in [0.15, 0.2) is 0 Å². The summed E-state index contributed by atoms with van der Waals surface area (Å²) in [5.74, 6) is 0.456. The molecule has 4 rings (SSSR count). The Kier molecular flexibility index (Phi) is 3.80. The Morgan fingerprint density at radius 1 is 1.12 bits per heavy atom. The van der Waals surface area contributed by atoms with Crippen molar-refractivity contribution in [3.63, 3.8) is 0 Å². The van der Waals surface area contributed by atoms with Crippen molar-refractivity contribution in [3.05, 3.63) is 34.6 Å². The molecule has 1 atom stereocenters. The standard InChI is InChI=1S/C16H20N4O3S/c21-15-13-5-1-2-6-14(13)17-16(18-15)19-10-7-12(11-19)24(22,23)20-8-3-4-9-20/h1-2,5-6,12H,3-4,7-11H2,(H,17,18,21). The van der Waals surface area contributed by atoms with Gasteiger partial charge in [0, 0.05) is 26.2 Å². The number of aromatic amines is 1. The van der Waals surface area contributed by atoms with Crippen molar-refractivity contribution in [2.45, 2.75) is 24.5 Å². The van der Waals surface area contributed by atoms with E-state index >= 15 is 0 Å². The van der Waals surface area contributed by atoms with Crippen molar-refractivity contribution in [1.29, 1.82) is 0 Å². The van der Waals surface area contributed by atoms with E-state index in [0.717, 1.165) is 12.8 Å². The lowest BCUT2D eigenvalue weighted by molar-refractivity contribution is 0.467. The first-order chi connectivity index (χ1) is 11.6. The van der Waals surface area contributed by atoms with Crippen LogP contribution in [0.15, 0.2) is 29.1 Å². The van der Waals surface area contributed by atoms with E-state index in [1.165, 1.54) is 0 Å². The van der Waals surface area contributed by atoms with E-state index < -0.39 is 15.3 Å². The second-order valence-electron chi connectivity index (χ2n) is 6.41. The lowest BCUT2D eigenvalue weighted by Gasteiger charge is -2.21. The summed E-state index contributed by atoms with van der Waals surface area (Å²) in [4.78, 5) is 21.3. The molecule has 0 aliphatic carbocycles. The fraction of sp³-hybridized carbons (Fsp3) is 0.500. The Labute approximate surface area is 140 Å². The van der Waals surface area contributed by atoms with Crippen LogP contribution in [0.25, 0.3) is 10.9 Å². The van der Waals surface area contributed by atoms with Crippen LogP contribution < -0.4 is 10.5 Å². The second kappa shape index (κ2) is 5.86. The summed E-state index contributed by atoms with van der Waals surface area (Å²) in [5.41, 5.74) is 0.434. The first-order valence-corrected chi connectivity index (χ1v) is 9.79. The fourth-order valence-corrected chi connectivity index (χ4v) is 5.50. The quantitative estimate of drug-likeness (QED) is 0.892. The zero-order chi connectivity index (χ0) is 16.7. The molecule has 2 saturated heterocycles. The van der Waals surface area contributed by atoms with Gasteiger partial charge in [-0.25, -0.2) is 17.7 Å². The number of anilines is 1. The maximum atomic E-state index is 12.7. The molecule has 1 aromatic heterocycles. The number of benzene rings is 1. The zero-order valence-electron chi connectivity index (χ0n) is 13.3. The van der Waals surface area contributed by atoms with E-state index in [1.54, 1.807) is 22.5 Å². The molecule has 0 amide bonds. The van der Waals surface area contributed by atoms with Crippen LogP contribution in [0, 0.1) is 0 Å². The molecule has 24 heavy (non-hydrogen) atoms. The molecule has 0 bridgehead atoms. The molecule has 0 saturated carbocycles. The van der Waals surface area contributed by atoms with E-state index in [1.807, 2.05) is 11.0 Å². The highest BCUT2D eigenvalue weighted by Gasteiger charge is 2.38. The fourth-order valence-electron chi connectivity index (χ4n) is 3.54. The highest BCUT2D eigenvalue weighted by atomic mass is 32.2. The van der Waals surface area contributed by atoms with Gasteiger partial charge in [0.25, 0.3) is 5.56 Å². The molecule has 2 fully saturated rings. The molecule has 2 aromatic rings. The molecule has 1 unspecified atom stereocenters. The summed E-state index contributed by atoms with van der Waals surface area (Å²) in [6, 6.07) is 7.16. The van der Waals surface area contributed by atoms with Crippen molar-refractivity contribution >= 4 is 26.9 Å². The van der Waals surface area contributed by atoms with Crippen molar-refractivity contribution in [2.75, 3.05) is 31.1 Å². The summed E-state index contributed by atoms with van der Waals surface area (Å²) in [7, 11) is -3.26. The van der Waals surface area contributed by atoms with Gasteiger partial charge in [-0.15, -0.1) is 0 Å². The minimum absolute atomic E-state index is 0.193. The number of hydrogen-bond donors (Lipinski definition) is 1. The predicted octanol–water partition coefficient (Wildman–Crippen LogP) is 0.927. The Morgan fingerprint density at radius 2 is 1.88 bits per heavy atom. The summed E-state index contributed by atoms with van der Waals surface area (Å²) in [6.07, 6.45) is 2.44. The van der Waals surface area contributed by atoms with Gasteiger partial charge in [-0.2, -0.15) is 0 Å². The molecular formula is C16H20N4O3S. The molecule has 1 aromatic carbocycles.